The predicted octanol–water partition coefficient (Wildman–Crippen LogP) is 8.92. The van der Waals surface area contributed by atoms with Gasteiger partial charge in [-0.1, -0.05) is 92.2 Å². The molecule has 1 aliphatic carbocycles. The van der Waals surface area contributed by atoms with Crippen LogP contribution in [0.1, 0.15) is 30.5 Å². The van der Waals surface area contributed by atoms with Crippen LogP contribution in [0.3, 0.4) is 0 Å². The Bertz CT molecular complexity index is 1490. The van der Waals surface area contributed by atoms with Crippen LogP contribution in [-0.2, 0) is 5.41 Å². The minimum Gasteiger partial charge on any atom is -0.310 e. The Hall–Kier alpha value is -3.84. The predicted molar refractivity (Wildman–Crippen MR) is 141 cm³/mol. The van der Waals surface area contributed by atoms with Gasteiger partial charge < -0.3 is 4.90 Å². The van der Waals surface area contributed by atoms with E-state index in [2.05, 4.69) is 135 Å². The molecule has 0 radical (unpaired) electrons. The molecule has 1 nitrogen and oxygen atoms in total. The summed E-state index contributed by atoms with van der Waals surface area (Å²) in [5.74, 6) is 0. The Morgan fingerprint density at radius 1 is 0.515 bits per heavy atom. The van der Waals surface area contributed by atoms with Gasteiger partial charge in [-0.15, -0.1) is 0 Å². The number of anilines is 3. The van der Waals surface area contributed by atoms with Crippen LogP contribution >= 0.6 is 0 Å². The van der Waals surface area contributed by atoms with Crippen molar-refractivity contribution in [3.63, 3.8) is 0 Å². The molecule has 6 rings (SSSR count). The molecule has 0 amide bonds. The quantitative estimate of drug-likeness (QED) is 0.279. The fourth-order valence-corrected chi connectivity index (χ4v) is 5.29. The third-order valence-corrected chi connectivity index (χ3v) is 7.11. The van der Waals surface area contributed by atoms with Crippen LogP contribution in [0.2, 0.25) is 0 Å². The first kappa shape index (κ1) is 19.8. The van der Waals surface area contributed by atoms with Crippen LogP contribution < -0.4 is 4.90 Å². The smallest absolute Gasteiger partial charge is 0.0468 e. The topological polar surface area (TPSA) is 3.24 Å². The van der Waals surface area contributed by atoms with Crippen molar-refractivity contribution < 1.29 is 0 Å². The fraction of sp³-hybridized carbons (Fsp3) is 0.125. The van der Waals surface area contributed by atoms with Crippen LogP contribution in [0, 0.1) is 6.92 Å². The summed E-state index contributed by atoms with van der Waals surface area (Å²) in [7, 11) is 0. The third kappa shape index (κ3) is 3.15. The van der Waals surface area contributed by atoms with Gasteiger partial charge in [-0.3, -0.25) is 0 Å². The van der Waals surface area contributed by atoms with Gasteiger partial charge in [0.15, 0.2) is 0 Å². The monoisotopic (exact) mass is 425 g/mol. The Balaban J connectivity index is 1.55. The van der Waals surface area contributed by atoms with E-state index in [1.165, 1.54) is 55.7 Å². The molecule has 5 aromatic carbocycles. The lowest BCUT2D eigenvalue weighted by atomic mass is 9.82. The summed E-state index contributed by atoms with van der Waals surface area (Å²) in [6.07, 6.45) is 0. The van der Waals surface area contributed by atoms with Crippen molar-refractivity contribution in [1.82, 2.24) is 0 Å². The Labute approximate surface area is 195 Å². The number of hydrogen-bond acceptors (Lipinski definition) is 1. The Kier molecular flexibility index (Phi) is 4.41. The van der Waals surface area contributed by atoms with Gasteiger partial charge in [0.1, 0.15) is 0 Å². The maximum Gasteiger partial charge on any atom is 0.0468 e. The standard InChI is InChI=1S/C32H27N/c1-22-12-15-25(16-13-22)33(26-17-14-23-8-4-5-9-24(23)20-26)27-18-19-29-28-10-6-7-11-30(28)32(2,3)31(29)21-27/h4-21H,1-3H3. The maximum absolute atomic E-state index is 2.39. The molecule has 0 unspecified atom stereocenters. The zero-order valence-corrected chi connectivity index (χ0v) is 19.3. The number of rotatable bonds is 3. The van der Waals surface area contributed by atoms with Gasteiger partial charge in [0.25, 0.3) is 0 Å². The normalized spacial score (nSPS) is 13.5. The largest absolute Gasteiger partial charge is 0.310 e. The van der Waals surface area contributed by atoms with Crippen LogP contribution in [0.15, 0.2) is 109 Å². The maximum atomic E-state index is 2.39. The number of benzene rings is 5. The zero-order chi connectivity index (χ0) is 22.6. The van der Waals surface area contributed by atoms with Gasteiger partial charge in [0.2, 0.25) is 0 Å². The van der Waals surface area contributed by atoms with E-state index in [0.29, 0.717) is 0 Å². The average Bonchev–Trinajstić information content (AvgIpc) is 3.07. The number of hydrogen-bond donors (Lipinski definition) is 0. The van der Waals surface area contributed by atoms with Crippen molar-refractivity contribution in [3.8, 4) is 11.1 Å². The minimum absolute atomic E-state index is 0.0235. The molecule has 5 aromatic rings. The summed E-state index contributed by atoms with van der Waals surface area (Å²) in [6, 6.07) is 39.9. The Morgan fingerprint density at radius 2 is 1.12 bits per heavy atom. The van der Waals surface area contributed by atoms with Gasteiger partial charge in [-0.2, -0.15) is 0 Å². The van der Waals surface area contributed by atoms with Gasteiger partial charge in [-0.05, 0) is 76.3 Å². The van der Waals surface area contributed by atoms with Gasteiger partial charge in [-0.25, -0.2) is 0 Å². The first-order valence-electron chi connectivity index (χ1n) is 11.6. The molecule has 0 aliphatic heterocycles. The van der Waals surface area contributed by atoms with Crippen molar-refractivity contribution in [2.24, 2.45) is 0 Å². The van der Waals surface area contributed by atoms with E-state index in [9.17, 15) is 0 Å². The molecule has 0 heterocycles. The second kappa shape index (κ2) is 7.35. The van der Waals surface area contributed by atoms with Crippen LogP contribution in [0.5, 0.6) is 0 Å². The molecule has 0 spiro atoms. The van der Waals surface area contributed by atoms with Gasteiger partial charge >= 0.3 is 0 Å². The lowest BCUT2D eigenvalue weighted by molar-refractivity contribution is 0.660. The minimum atomic E-state index is -0.0235. The molecule has 0 N–H and O–H groups in total. The first-order chi connectivity index (χ1) is 16.0. The molecule has 1 aliphatic rings. The molecule has 160 valence electrons. The van der Waals surface area contributed by atoms with Crippen molar-refractivity contribution in [2.75, 3.05) is 4.90 Å². The molecule has 0 atom stereocenters. The molecule has 0 saturated heterocycles. The highest BCUT2D eigenvalue weighted by Crippen LogP contribution is 2.50. The second-order valence-corrected chi connectivity index (χ2v) is 9.60. The SMILES string of the molecule is Cc1ccc(N(c2ccc3c(c2)C(C)(C)c2ccccc2-3)c2ccc3ccccc3c2)cc1. The summed E-state index contributed by atoms with van der Waals surface area (Å²) in [4.78, 5) is 2.38. The molecule has 0 saturated carbocycles. The summed E-state index contributed by atoms with van der Waals surface area (Å²) >= 11 is 0. The van der Waals surface area contributed by atoms with E-state index in [1.807, 2.05) is 0 Å². The summed E-state index contributed by atoms with van der Waals surface area (Å²) in [5.41, 5.74) is 10.3. The summed E-state index contributed by atoms with van der Waals surface area (Å²) in [5, 5.41) is 2.51. The van der Waals surface area contributed by atoms with Gasteiger partial charge in [0.05, 0.1) is 0 Å². The van der Waals surface area contributed by atoms with E-state index < -0.39 is 0 Å². The third-order valence-electron chi connectivity index (χ3n) is 7.11. The lowest BCUT2D eigenvalue weighted by Gasteiger charge is -2.28. The zero-order valence-electron chi connectivity index (χ0n) is 19.3. The van der Waals surface area contributed by atoms with Crippen molar-refractivity contribution in [2.45, 2.75) is 26.2 Å². The van der Waals surface area contributed by atoms with Crippen molar-refractivity contribution >= 4 is 27.8 Å². The van der Waals surface area contributed by atoms with Crippen LogP contribution in [0.25, 0.3) is 21.9 Å². The summed E-state index contributed by atoms with van der Waals surface area (Å²) in [6.45, 7) is 6.82. The van der Waals surface area contributed by atoms with Gasteiger partial charge in [0, 0.05) is 22.5 Å². The van der Waals surface area contributed by atoms with E-state index in [-0.39, 0.29) is 5.41 Å². The van der Waals surface area contributed by atoms with E-state index in [0.717, 1.165) is 0 Å². The highest BCUT2D eigenvalue weighted by molar-refractivity contribution is 5.90. The fourth-order valence-electron chi connectivity index (χ4n) is 5.29. The molecule has 0 fully saturated rings. The van der Waals surface area contributed by atoms with Crippen molar-refractivity contribution in [1.29, 1.82) is 0 Å². The van der Waals surface area contributed by atoms with E-state index in [4.69, 9.17) is 0 Å². The highest BCUT2D eigenvalue weighted by atomic mass is 15.1. The second-order valence-electron chi connectivity index (χ2n) is 9.60. The van der Waals surface area contributed by atoms with E-state index >= 15 is 0 Å². The molecule has 0 bridgehead atoms. The van der Waals surface area contributed by atoms with E-state index in [1.54, 1.807) is 0 Å². The van der Waals surface area contributed by atoms with Crippen LogP contribution in [0.4, 0.5) is 17.1 Å². The molecule has 33 heavy (non-hydrogen) atoms. The number of fused-ring (bicyclic) bond motifs is 4. The Morgan fingerprint density at radius 3 is 1.94 bits per heavy atom. The number of aryl methyl sites for hydroxylation is 1. The average molecular weight is 426 g/mol. The molecule has 0 aromatic heterocycles. The molecular formula is C32H27N. The highest BCUT2D eigenvalue weighted by Gasteiger charge is 2.35. The summed E-state index contributed by atoms with van der Waals surface area (Å²) < 4.78 is 0. The first-order valence-corrected chi connectivity index (χ1v) is 11.6. The lowest BCUT2D eigenvalue weighted by Crippen LogP contribution is -2.16. The molecule has 1 heteroatoms. The van der Waals surface area contributed by atoms with Crippen molar-refractivity contribution in [3.05, 3.63) is 126 Å². The molecular weight excluding hydrogens is 398 g/mol. The number of nitrogens with zero attached hydrogens (tertiary/aromatic N) is 1. The van der Waals surface area contributed by atoms with Crippen LogP contribution in [-0.4, -0.2) is 0 Å².